The van der Waals surface area contributed by atoms with E-state index in [1.807, 2.05) is 24.3 Å². The van der Waals surface area contributed by atoms with Crippen LogP contribution in [0.25, 0.3) is 11.5 Å². The molecular weight excluding hydrogens is 415 g/mol. The summed E-state index contributed by atoms with van der Waals surface area (Å²) in [5.41, 5.74) is 9.10. The summed E-state index contributed by atoms with van der Waals surface area (Å²) < 4.78 is 5.55. The molecular formula is C18H25IN4O. The first-order valence-electron chi connectivity index (χ1n) is 8.18. The van der Waals surface area contributed by atoms with Gasteiger partial charge in [0.25, 0.3) is 0 Å². The van der Waals surface area contributed by atoms with Crippen LogP contribution in [0.5, 0.6) is 0 Å². The zero-order chi connectivity index (χ0) is 16.2. The number of rotatable bonds is 3. The molecule has 0 saturated carbocycles. The number of aliphatic imine (C=N–C) groups is 1. The quantitative estimate of drug-likeness (QED) is 0.448. The third-order valence-electron chi connectivity index (χ3n) is 4.23. The van der Waals surface area contributed by atoms with E-state index in [1.165, 1.54) is 18.4 Å². The summed E-state index contributed by atoms with van der Waals surface area (Å²) in [5, 5.41) is 0. The number of hydrogen-bond acceptors (Lipinski definition) is 3. The van der Waals surface area contributed by atoms with Crippen molar-refractivity contribution in [2.45, 2.75) is 33.2 Å². The average molecular weight is 440 g/mol. The predicted octanol–water partition coefficient (Wildman–Crippen LogP) is 3.81. The second-order valence-corrected chi connectivity index (χ2v) is 6.38. The van der Waals surface area contributed by atoms with Gasteiger partial charge in [0, 0.05) is 18.7 Å². The van der Waals surface area contributed by atoms with Crippen LogP contribution in [0, 0.1) is 12.8 Å². The van der Waals surface area contributed by atoms with Gasteiger partial charge < -0.3 is 15.1 Å². The molecule has 0 bridgehead atoms. The molecule has 1 unspecified atom stereocenters. The lowest BCUT2D eigenvalue weighted by molar-refractivity contribution is 0.270. The number of halogens is 1. The molecule has 0 radical (unpaired) electrons. The molecule has 24 heavy (non-hydrogen) atoms. The molecule has 6 heteroatoms. The molecule has 2 heterocycles. The fraction of sp³-hybridized carbons (Fsp3) is 0.444. The van der Waals surface area contributed by atoms with E-state index in [1.54, 1.807) is 6.26 Å². The van der Waals surface area contributed by atoms with Crippen molar-refractivity contribution < 1.29 is 4.42 Å². The number of oxazole rings is 1. The number of likely N-dealkylation sites (tertiary alicyclic amines) is 1. The summed E-state index contributed by atoms with van der Waals surface area (Å²) in [7, 11) is 0. The minimum atomic E-state index is 0. The smallest absolute Gasteiger partial charge is 0.226 e. The van der Waals surface area contributed by atoms with E-state index in [9.17, 15) is 0 Å². The molecule has 2 aromatic rings. The van der Waals surface area contributed by atoms with Gasteiger partial charge in [-0.15, -0.1) is 24.0 Å². The van der Waals surface area contributed by atoms with Gasteiger partial charge in [0.05, 0.1) is 6.54 Å². The molecule has 1 aliphatic heterocycles. The zero-order valence-corrected chi connectivity index (χ0v) is 16.6. The van der Waals surface area contributed by atoms with Crippen LogP contribution in [-0.2, 0) is 6.54 Å². The van der Waals surface area contributed by atoms with E-state index in [-0.39, 0.29) is 24.0 Å². The first kappa shape index (κ1) is 18.8. The third kappa shape index (κ3) is 4.72. The van der Waals surface area contributed by atoms with Gasteiger partial charge in [-0.05, 0) is 37.8 Å². The Hall–Kier alpha value is -1.57. The molecule has 2 N–H and O–H groups in total. The molecule has 0 spiro atoms. The lowest BCUT2D eigenvalue weighted by atomic mass is 10.0. The second kappa shape index (κ2) is 8.50. The summed E-state index contributed by atoms with van der Waals surface area (Å²) in [6.07, 6.45) is 4.11. The number of benzene rings is 1. The van der Waals surface area contributed by atoms with Crippen molar-refractivity contribution in [1.29, 1.82) is 0 Å². The average Bonchev–Trinajstić information content (AvgIpc) is 3.02. The van der Waals surface area contributed by atoms with Gasteiger partial charge >= 0.3 is 0 Å². The van der Waals surface area contributed by atoms with E-state index >= 15 is 0 Å². The molecule has 1 fully saturated rings. The Labute approximate surface area is 160 Å². The van der Waals surface area contributed by atoms with Crippen molar-refractivity contribution in [3.05, 3.63) is 41.8 Å². The number of aromatic nitrogens is 1. The fourth-order valence-electron chi connectivity index (χ4n) is 2.87. The van der Waals surface area contributed by atoms with Crippen LogP contribution in [0.1, 0.15) is 31.0 Å². The molecule has 0 aliphatic carbocycles. The van der Waals surface area contributed by atoms with Gasteiger partial charge in [-0.3, -0.25) is 0 Å². The van der Waals surface area contributed by atoms with Crippen LogP contribution in [-0.4, -0.2) is 28.9 Å². The topological polar surface area (TPSA) is 67.7 Å². The van der Waals surface area contributed by atoms with Crippen molar-refractivity contribution >= 4 is 29.9 Å². The Morgan fingerprint density at radius 3 is 2.83 bits per heavy atom. The molecule has 1 aromatic carbocycles. The summed E-state index contributed by atoms with van der Waals surface area (Å²) in [6.45, 7) is 6.75. The van der Waals surface area contributed by atoms with Crippen LogP contribution in [0.15, 0.2) is 39.9 Å². The van der Waals surface area contributed by atoms with Crippen LogP contribution in [0.4, 0.5) is 0 Å². The Morgan fingerprint density at radius 1 is 1.38 bits per heavy atom. The molecule has 1 atom stereocenters. The first-order valence-corrected chi connectivity index (χ1v) is 8.18. The van der Waals surface area contributed by atoms with Crippen molar-refractivity contribution in [2.24, 2.45) is 16.6 Å². The van der Waals surface area contributed by atoms with Crippen LogP contribution < -0.4 is 5.73 Å². The SMILES string of the molecule is Cc1ccc(-c2nc(CN=C(N)N3CCCC(C)C3)co2)cc1.I. The Kier molecular flexibility index (Phi) is 6.65. The van der Waals surface area contributed by atoms with Crippen molar-refractivity contribution in [1.82, 2.24) is 9.88 Å². The van der Waals surface area contributed by atoms with Gasteiger partial charge in [-0.1, -0.05) is 24.6 Å². The maximum absolute atomic E-state index is 6.11. The highest BCUT2D eigenvalue weighted by molar-refractivity contribution is 14.0. The lowest BCUT2D eigenvalue weighted by Gasteiger charge is -2.31. The number of nitrogens with zero attached hydrogens (tertiary/aromatic N) is 3. The van der Waals surface area contributed by atoms with Gasteiger partial charge in [-0.25, -0.2) is 9.98 Å². The monoisotopic (exact) mass is 440 g/mol. The van der Waals surface area contributed by atoms with E-state index < -0.39 is 0 Å². The Bertz CT molecular complexity index is 681. The molecule has 130 valence electrons. The maximum Gasteiger partial charge on any atom is 0.226 e. The normalized spacial score (nSPS) is 18.3. The molecule has 3 rings (SSSR count). The van der Waals surface area contributed by atoms with Crippen LogP contribution >= 0.6 is 24.0 Å². The van der Waals surface area contributed by atoms with Gasteiger partial charge in [0.1, 0.15) is 12.0 Å². The number of aryl methyl sites for hydroxylation is 1. The largest absolute Gasteiger partial charge is 0.444 e. The highest BCUT2D eigenvalue weighted by atomic mass is 127. The summed E-state index contributed by atoms with van der Waals surface area (Å²) >= 11 is 0. The van der Waals surface area contributed by atoms with Gasteiger partial charge in [0.15, 0.2) is 5.96 Å². The fourth-order valence-corrected chi connectivity index (χ4v) is 2.87. The van der Waals surface area contributed by atoms with Crippen LogP contribution in [0.2, 0.25) is 0 Å². The predicted molar refractivity (Wildman–Crippen MR) is 107 cm³/mol. The minimum absolute atomic E-state index is 0. The first-order chi connectivity index (χ1) is 11.1. The highest BCUT2D eigenvalue weighted by Gasteiger charge is 2.17. The maximum atomic E-state index is 6.11. The third-order valence-corrected chi connectivity index (χ3v) is 4.23. The Balaban J connectivity index is 0.00000208. The highest BCUT2D eigenvalue weighted by Crippen LogP contribution is 2.19. The zero-order valence-electron chi connectivity index (χ0n) is 14.2. The van der Waals surface area contributed by atoms with E-state index in [0.717, 1.165) is 24.3 Å². The van der Waals surface area contributed by atoms with Gasteiger partial charge in [-0.2, -0.15) is 0 Å². The van der Waals surface area contributed by atoms with Crippen molar-refractivity contribution in [3.8, 4) is 11.5 Å². The number of nitrogens with two attached hydrogens (primary N) is 1. The minimum Gasteiger partial charge on any atom is -0.444 e. The number of hydrogen-bond donors (Lipinski definition) is 1. The summed E-state index contributed by atoms with van der Waals surface area (Å²) in [4.78, 5) is 11.1. The second-order valence-electron chi connectivity index (χ2n) is 6.38. The van der Waals surface area contributed by atoms with Crippen LogP contribution in [0.3, 0.4) is 0 Å². The molecule has 0 amide bonds. The number of guanidine groups is 1. The summed E-state index contributed by atoms with van der Waals surface area (Å²) in [5.74, 6) is 1.91. The standard InChI is InChI=1S/C18H24N4O.HI/c1-13-5-7-15(8-6-13)17-21-16(12-23-17)10-20-18(19)22-9-3-4-14(2)11-22;/h5-8,12,14H,3-4,9-11H2,1-2H3,(H2,19,20);1H. The van der Waals surface area contributed by atoms with E-state index in [4.69, 9.17) is 10.2 Å². The Morgan fingerprint density at radius 2 is 2.12 bits per heavy atom. The van der Waals surface area contributed by atoms with Gasteiger partial charge in [0.2, 0.25) is 5.89 Å². The lowest BCUT2D eigenvalue weighted by Crippen LogP contribution is -2.43. The molecule has 5 nitrogen and oxygen atoms in total. The molecule has 1 aliphatic rings. The molecule has 1 aromatic heterocycles. The van der Waals surface area contributed by atoms with Crippen molar-refractivity contribution in [3.63, 3.8) is 0 Å². The molecule has 1 saturated heterocycles. The number of piperidine rings is 1. The van der Waals surface area contributed by atoms with E-state index in [0.29, 0.717) is 24.3 Å². The van der Waals surface area contributed by atoms with E-state index in [2.05, 4.69) is 28.7 Å². The summed E-state index contributed by atoms with van der Waals surface area (Å²) in [6, 6.07) is 8.12. The van der Waals surface area contributed by atoms with Crippen molar-refractivity contribution in [2.75, 3.05) is 13.1 Å².